The van der Waals surface area contributed by atoms with Crippen LogP contribution in [0.4, 0.5) is 0 Å². The van der Waals surface area contributed by atoms with Crippen molar-refractivity contribution in [1.29, 1.82) is 0 Å². The lowest BCUT2D eigenvalue weighted by Gasteiger charge is -2.38. The van der Waals surface area contributed by atoms with E-state index in [1.54, 1.807) is 7.11 Å². The van der Waals surface area contributed by atoms with Gasteiger partial charge in [0.05, 0.1) is 7.11 Å². The van der Waals surface area contributed by atoms with E-state index in [0.717, 1.165) is 24.8 Å². The van der Waals surface area contributed by atoms with Crippen LogP contribution in [0.1, 0.15) is 37.3 Å². The fourth-order valence-corrected chi connectivity index (χ4v) is 3.82. The molecule has 126 valence electrons. The van der Waals surface area contributed by atoms with Gasteiger partial charge in [0.15, 0.2) is 0 Å². The predicted molar refractivity (Wildman–Crippen MR) is 96.6 cm³/mol. The Morgan fingerprint density at radius 2 is 1.64 bits per heavy atom. The van der Waals surface area contributed by atoms with Crippen molar-refractivity contribution in [3.8, 4) is 5.75 Å². The topological polar surface area (TPSA) is 24.5 Å². The number of nitrogens with one attached hydrogen (secondary N) is 1. The van der Waals surface area contributed by atoms with Gasteiger partial charge >= 0.3 is 0 Å². The van der Waals surface area contributed by atoms with Gasteiger partial charge in [-0.2, -0.15) is 0 Å². The van der Waals surface area contributed by atoms with Crippen LogP contribution in [0, 0.1) is 5.92 Å². The van der Waals surface area contributed by atoms with E-state index in [2.05, 4.69) is 34.5 Å². The monoisotopic (exact) mass is 346 g/mol. The number of methoxy groups -OCH3 is 1. The largest absolute Gasteiger partial charge is 0.497 e. The summed E-state index contributed by atoms with van der Waals surface area (Å²) in [5.74, 6) is 1.79. The summed E-state index contributed by atoms with van der Waals surface area (Å²) in [4.78, 5) is 2.69. The van der Waals surface area contributed by atoms with Crippen LogP contribution in [0.25, 0.3) is 0 Å². The third kappa shape index (κ3) is 4.51. The van der Waals surface area contributed by atoms with Crippen molar-refractivity contribution >= 4 is 24.8 Å². The summed E-state index contributed by atoms with van der Waals surface area (Å²) in [6.45, 7) is 4.60. The lowest BCUT2D eigenvalue weighted by molar-refractivity contribution is 0.125. The number of benzene rings is 1. The van der Waals surface area contributed by atoms with Crippen LogP contribution in [0.5, 0.6) is 5.75 Å². The van der Waals surface area contributed by atoms with Gasteiger partial charge in [-0.05, 0) is 36.5 Å². The van der Waals surface area contributed by atoms with E-state index < -0.39 is 0 Å². The Hall–Kier alpha value is -0.480. The van der Waals surface area contributed by atoms with Gasteiger partial charge < -0.3 is 10.1 Å². The number of piperazine rings is 1. The summed E-state index contributed by atoms with van der Waals surface area (Å²) in [5, 5.41) is 3.47. The first-order valence-electron chi connectivity index (χ1n) is 7.97. The van der Waals surface area contributed by atoms with Crippen molar-refractivity contribution in [1.82, 2.24) is 10.2 Å². The number of ether oxygens (including phenoxy) is 1. The first-order chi connectivity index (χ1) is 9.88. The normalized spacial score (nSPS) is 20.8. The van der Waals surface area contributed by atoms with Gasteiger partial charge in [0.1, 0.15) is 5.75 Å². The van der Waals surface area contributed by atoms with E-state index in [-0.39, 0.29) is 24.8 Å². The number of halogens is 2. The zero-order valence-corrected chi connectivity index (χ0v) is 14.9. The third-order valence-corrected chi connectivity index (χ3v) is 4.85. The minimum Gasteiger partial charge on any atom is -0.497 e. The average Bonchev–Trinajstić information content (AvgIpc) is 3.03. The van der Waals surface area contributed by atoms with Gasteiger partial charge in [-0.15, -0.1) is 24.8 Å². The summed E-state index contributed by atoms with van der Waals surface area (Å²) in [6.07, 6.45) is 5.59. The highest BCUT2D eigenvalue weighted by Crippen LogP contribution is 2.39. The fraction of sp³-hybridized carbons (Fsp3) is 0.647. The average molecular weight is 347 g/mol. The Labute approximate surface area is 146 Å². The minimum atomic E-state index is 0. The van der Waals surface area contributed by atoms with Crippen LogP contribution in [0.3, 0.4) is 0 Å². The van der Waals surface area contributed by atoms with E-state index in [1.807, 2.05) is 0 Å². The van der Waals surface area contributed by atoms with Gasteiger partial charge in [0.2, 0.25) is 0 Å². The molecule has 3 rings (SSSR count). The molecule has 0 unspecified atom stereocenters. The fourth-order valence-electron chi connectivity index (χ4n) is 3.82. The second-order valence-corrected chi connectivity index (χ2v) is 6.05. The van der Waals surface area contributed by atoms with Crippen LogP contribution in [-0.4, -0.2) is 38.2 Å². The van der Waals surface area contributed by atoms with Gasteiger partial charge in [0, 0.05) is 32.2 Å². The summed E-state index contributed by atoms with van der Waals surface area (Å²) in [7, 11) is 1.74. The molecule has 1 aliphatic heterocycles. The molecule has 22 heavy (non-hydrogen) atoms. The second-order valence-electron chi connectivity index (χ2n) is 6.05. The zero-order chi connectivity index (χ0) is 13.8. The van der Waals surface area contributed by atoms with Gasteiger partial charge in [-0.1, -0.05) is 25.0 Å². The molecule has 0 amide bonds. The van der Waals surface area contributed by atoms with Crippen LogP contribution in [0.2, 0.25) is 0 Å². The predicted octanol–water partition coefficient (Wildman–Crippen LogP) is 3.68. The molecule has 2 fully saturated rings. The van der Waals surface area contributed by atoms with Crippen molar-refractivity contribution in [2.45, 2.75) is 31.7 Å². The Kier molecular flexibility index (Phi) is 8.55. The Balaban J connectivity index is 0.00000121. The molecule has 0 spiro atoms. The van der Waals surface area contributed by atoms with Gasteiger partial charge in [-0.3, -0.25) is 4.90 Å². The summed E-state index contributed by atoms with van der Waals surface area (Å²) in [6, 6.07) is 9.36. The molecule has 1 N–H and O–H groups in total. The van der Waals surface area contributed by atoms with Crippen molar-refractivity contribution < 1.29 is 4.74 Å². The standard InChI is InChI=1S/C17H26N2O.2ClH/c1-20-16-8-6-15(7-9-16)17(14-4-2-3-5-14)19-12-10-18-11-13-19;;/h6-9,14,17-18H,2-5,10-13H2,1H3;2*1H/t17-;;/m1../s1. The Morgan fingerprint density at radius 1 is 1.05 bits per heavy atom. The lowest BCUT2D eigenvalue weighted by Crippen LogP contribution is -2.46. The van der Waals surface area contributed by atoms with Crippen molar-refractivity contribution in [2.75, 3.05) is 33.3 Å². The SMILES string of the molecule is COc1ccc([C@@H](C2CCCC2)N2CCNCC2)cc1.Cl.Cl. The van der Waals surface area contributed by atoms with Crippen molar-refractivity contribution in [3.05, 3.63) is 29.8 Å². The first-order valence-corrected chi connectivity index (χ1v) is 7.97. The Bertz CT molecular complexity index is 415. The van der Waals surface area contributed by atoms with E-state index in [1.165, 1.54) is 44.3 Å². The molecular formula is C17H28Cl2N2O. The molecule has 3 nitrogen and oxygen atoms in total. The minimum absolute atomic E-state index is 0. The van der Waals surface area contributed by atoms with E-state index >= 15 is 0 Å². The maximum absolute atomic E-state index is 5.30. The van der Waals surface area contributed by atoms with Crippen molar-refractivity contribution in [3.63, 3.8) is 0 Å². The molecule has 1 aromatic carbocycles. The first kappa shape index (κ1) is 19.6. The molecule has 2 aliphatic rings. The molecule has 1 aromatic rings. The maximum Gasteiger partial charge on any atom is 0.118 e. The summed E-state index contributed by atoms with van der Waals surface area (Å²) < 4.78 is 5.30. The van der Waals surface area contributed by atoms with E-state index in [9.17, 15) is 0 Å². The highest BCUT2D eigenvalue weighted by atomic mass is 35.5. The highest BCUT2D eigenvalue weighted by molar-refractivity contribution is 5.85. The molecule has 0 bridgehead atoms. The van der Waals surface area contributed by atoms with Gasteiger partial charge in [0.25, 0.3) is 0 Å². The summed E-state index contributed by atoms with van der Waals surface area (Å²) >= 11 is 0. The molecular weight excluding hydrogens is 319 g/mol. The van der Waals surface area contributed by atoms with Crippen LogP contribution in [-0.2, 0) is 0 Å². The lowest BCUT2D eigenvalue weighted by atomic mass is 9.89. The molecule has 0 radical (unpaired) electrons. The van der Waals surface area contributed by atoms with E-state index in [4.69, 9.17) is 4.74 Å². The quantitative estimate of drug-likeness (QED) is 0.899. The third-order valence-electron chi connectivity index (χ3n) is 4.85. The number of nitrogens with zero attached hydrogens (tertiary/aromatic N) is 1. The molecule has 1 aliphatic carbocycles. The van der Waals surface area contributed by atoms with E-state index in [0.29, 0.717) is 6.04 Å². The van der Waals surface area contributed by atoms with Crippen molar-refractivity contribution in [2.24, 2.45) is 5.92 Å². The number of rotatable bonds is 4. The molecule has 5 heteroatoms. The number of hydrogen-bond donors (Lipinski definition) is 1. The Morgan fingerprint density at radius 3 is 2.18 bits per heavy atom. The molecule has 1 atom stereocenters. The van der Waals surface area contributed by atoms with Gasteiger partial charge in [-0.25, -0.2) is 0 Å². The summed E-state index contributed by atoms with van der Waals surface area (Å²) in [5.41, 5.74) is 1.47. The molecule has 0 aromatic heterocycles. The molecule has 1 saturated carbocycles. The molecule has 1 saturated heterocycles. The molecule has 1 heterocycles. The smallest absolute Gasteiger partial charge is 0.118 e. The van der Waals surface area contributed by atoms with Crippen LogP contribution < -0.4 is 10.1 Å². The van der Waals surface area contributed by atoms with Crippen LogP contribution in [0.15, 0.2) is 24.3 Å². The van der Waals surface area contributed by atoms with Crippen LogP contribution >= 0.6 is 24.8 Å². The highest BCUT2D eigenvalue weighted by Gasteiger charge is 2.31. The second kappa shape index (κ2) is 9.61. The maximum atomic E-state index is 5.30. The number of hydrogen-bond acceptors (Lipinski definition) is 3. The zero-order valence-electron chi connectivity index (χ0n) is 13.3.